The molecule has 0 spiro atoms. The summed E-state index contributed by atoms with van der Waals surface area (Å²) in [5, 5.41) is 15.7. The minimum Gasteiger partial charge on any atom is -0.479 e. The maximum absolute atomic E-state index is 13.0. The van der Waals surface area contributed by atoms with Gasteiger partial charge in [-0.3, -0.25) is 4.79 Å². The lowest BCUT2D eigenvalue weighted by Crippen LogP contribution is -2.14. The van der Waals surface area contributed by atoms with Crippen LogP contribution in [0.3, 0.4) is 0 Å². The Morgan fingerprint density at radius 3 is 2.97 bits per heavy atom. The zero-order chi connectivity index (χ0) is 22.2. The van der Waals surface area contributed by atoms with Crippen LogP contribution in [0, 0.1) is 0 Å². The third-order valence-electron chi connectivity index (χ3n) is 5.27. The van der Waals surface area contributed by atoms with Gasteiger partial charge in [0.1, 0.15) is 22.9 Å². The van der Waals surface area contributed by atoms with Crippen LogP contribution in [-0.2, 0) is 6.42 Å². The number of pyridine rings is 2. The van der Waals surface area contributed by atoms with E-state index >= 15 is 0 Å². The summed E-state index contributed by atoms with van der Waals surface area (Å²) >= 11 is 3.41. The van der Waals surface area contributed by atoms with Crippen LogP contribution in [0.2, 0.25) is 0 Å². The van der Waals surface area contributed by atoms with Gasteiger partial charge in [-0.25, -0.2) is 14.6 Å². The molecule has 4 aromatic heterocycles. The molecule has 5 heterocycles. The predicted molar refractivity (Wildman–Crippen MR) is 120 cm³/mol. The quantitative estimate of drug-likeness (QED) is 0.451. The Hall–Kier alpha value is -3.60. The Kier molecular flexibility index (Phi) is 5.17. The molecule has 0 fully saturated rings. The molecule has 0 unspecified atom stereocenters. The van der Waals surface area contributed by atoms with Gasteiger partial charge < -0.3 is 14.6 Å². The number of nitrogens with one attached hydrogen (secondary N) is 1. The van der Waals surface area contributed by atoms with Crippen molar-refractivity contribution in [3.05, 3.63) is 58.6 Å². The Balaban J connectivity index is 1.42. The second kappa shape index (κ2) is 8.15. The van der Waals surface area contributed by atoms with Gasteiger partial charge in [-0.2, -0.15) is 0 Å². The van der Waals surface area contributed by atoms with Gasteiger partial charge in [-0.05, 0) is 37.6 Å². The number of anilines is 1. The summed E-state index contributed by atoms with van der Waals surface area (Å²) < 4.78 is 9.75. The van der Waals surface area contributed by atoms with Crippen molar-refractivity contribution in [3.63, 3.8) is 0 Å². The van der Waals surface area contributed by atoms with E-state index in [1.807, 2.05) is 18.2 Å². The number of aromatic nitrogens is 7. The van der Waals surface area contributed by atoms with E-state index in [1.54, 1.807) is 24.5 Å². The van der Waals surface area contributed by atoms with Crippen LogP contribution < -0.4 is 10.1 Å². The molecule has 1 aliphatic heterocycles. The lowest BCUT2D eigenvalue weighted by molar-refractivity contribution is 0.102. The minimum absolute atomic E-state index is 0.185. The molecule has 1 aliphatic rings. The van der Waals surface area contributed by atoms with Crippen molar-refractivity contribution in [1.82, 2.24) is 34.5 Å². The maximum atomic E-state index is 13.0. The van der Waals surface area contributed by atoms with Gasteiger partial charge in [0.2, 0.25) is 5.88 Å². The van der Waals surface area contributed by atoms with Crippen molar-refractivity contribution in [2.24, 2.45) is 0 Å². The fourth-order valence-electron chi connectivity index (χ4n) is 3.71. The molecule has 0 aromatic carbocycles. The van der Waals surface area contributed by atoms with Crippen molar-refractivity contribution in [2.45, 2.75) is 25.8 Å². The number of carbonyl (C=O) groups excluding carboxylic acids is 1. The van der Waals surface area contributed by atoms with Crippen molar-refractivity contribution in [2.75, 3.05) is 12.4 Å². The number of methoxy groups -OCH3 is 1. The van der Waals surface area contributed by atoms with Gasteiger partial charge in [-0.1, -0.05) is 22.0 Å². The summed E-state index contributed by atoms with van der Waals surface area (Å²) in [5.74, 6) is 2.39. The average molecular weight is 495 g/mol. The summed E-state index contributed by atoms with van der Waals surface area (Å²) in [6.45, 7) is 2.14. The summed E-state index contributed by atoms with van der Waals surface area (Å²) in [7, 11) is 1.46. The number of nitrogens with zero attached hydrogens (tertiary/aromatic N) is 7. The van der Waals surface area contributed by atoms with E-state index in [2.05, 4.69) is 58.0 Å². The van der Waals surface area contributed by atoms with Crippen molar-refractivity contribution in [1.29, 1.82) is 0 Å². The Bertz CT molecular complexity index is 1310. The van der Waals surface area contributed by atoms with Crippen LogP contribution in [0.4, 0.5) is 5.82 Å². The fraction of sp³-hybridized carbons (Fsp3) is 0.238. The maximum Gasteiger partial charge on any atom is 0.263 e. The molecule has 162 valence electrons. The SMILES string of the molecule is COc1nn(-c2cc(Br)ccn2)cc1C(=O)Nc1cccc(-c2nnc3n2[C@@H](C)CC3)n1. The van der Waals surface area contributed by atoms with E-state index in [0.717, 1.165) is 23.1 Å². The molecule has 4 aromatic rings. The molecule has 11 heteroatoms. The largest absolute Gasteiger partial charge is 0.479 e. The molecule has 0 saturated carbocycles. The first-order valence-corrected chi connectivity index (χ1v) is 10.8. The number of halogens is 1. The van der Waals surface area contributed by atoms with Crippen LogP contribution in [0.15, 0.2) is 47.2 Å². The summed E-state index contributed by atoms with van der Waals surface area (Å²) in [6, 6.07) is 9.32. The number of hydrogen-bond acceptors (Lipinski definition) is 7. The number of carbonyl (C=O) groups is 1. The van der Waals surface area contributed by atoms with Crippen LogP contribution >= 0.6 is 15.9 Å². The Morgan fingerprint density at radius 2 is 2.16 bits per heavy atom. The first kappa shape index (κ1) is 20.3. The van der Waals surface area contributed by atoms with E-state index in [0.29, 0.717) is 29.2 Å². The molecule has 10 nitrogen and oxygen atoms in total. The summed E-state index contributed by atoms with van der Waals surface area (Å²) in [5.41, 5.74) is 0.912. The standard InChI is InChI=1S/C21H19BrN8O2/c1-12-6-7-17-26-27-19(30(12)17)15-4-3-5-16(24-15)25-20(31)14-11-29(28-21(14)32-2)18-10-13(22)8-9-23-18/h3-5,8-12H,6-7H2,1-2H3,(H,24,25,31)/t12-/m0/s1. The van der Waals surface area contributed by atoms with Crippen LogP contribution in [0.5, 0.6) is 5.88 Å². The van der Waals surface area contributed by atoms with Crippen LogP contribution in [-0.4, -0.2) is 47.5 Å². The van der Waals surface area contributed by atoms with E-state index in [4.69, 9.17) is 4.74 Å². The molecule has 1 N–H and O–H groups in total. The van der Waals surface area contributed by atoms with E-state index in [-0.39, 0.29) is 11.4 Å². The van der Waals surface area contributed by atoms with E-state index in [9.17, 15) is 4.79 Å². The van der Waals surface area contributed by atoms with E-state index < -0.39 is 5.91 Å². The molecule has 1 amide bonds. The van der Waals surface area contributed by atoms with Crippen molar-refractivity contribution in [3.8, 4) is 23.2 Å². The highest BCUT2D eigenvalue weighted by molar-refractivity contribution is 9.10. The normalized spacial score (nSPS) is 14.9. The van der Waals surface area contributed by atoms with Crippen molar-refractivity contribution >= 4 is 27.7 Å². The summed E-state index contributed by atoms with van der Waals surface area (Å²) in [6.07, 6.45) is 5.15. The highest BCUT2D eigenvalue weighted by atomic mass is 79.9. The molecular weight excluding hydrogens is 476 g/mol. The van der Waals surface area contributed by atoms with E-state index in [1.165, 1.54) is 11.8 Å². The van der Waals surface area contributed by atoms with Crippen LogP contribution in [0.25, 0.3) is 17.3 Å². The summed E-state index contributed by atoms with van der Waals surface area (Å²) in [4.78, 5) is 21.9. The zero-order valence-corrected chi connectivity index (χ0v) is 18.9. The zero-order valence-electron chi connectivity index (χ0n) is 17.4. The number of rotatable bonds is 5. The van der Waals surface area contributed by atoms with Gasteiger partial charge in [0.15, 0.2) is 11.6 Å². The topological polar surface area (TPSA) is 113 Å². The molecular formula is C21H19BrN8O2. The monoisotopic (exact) mass is 494 g/mol. The Labute approximate surface area is 191 Å². The van der Waals surface area contributed by atoms with Gasteiger partial charge in [0.25, 0.3) is 5.91 Å². The van der Waals surface area contributed by atoms with Gasteiger partial charge >= 0.3 is 0 Å². The number of hydrogen-bond donors (Lipinski definition) is 1. The Morgan fingerprint density at radius 1 is 1.28 bits per heavy atom. The average Bonchev–Trinajstić information content (AvgIpc) is 3.50. The smallest absolute Gasteiger partial charge is 0.263 e. The molecule has 32 heavy (non-hydrogen) atoms. The highest BCUT2D eigenvalue weighted by Gasteiger charge is 2.25. The highest BCUT2D eigenvalue weighted by Crippen LogP contribution is 2.30. The molecule has 0 bridgehead atoms. The van der Waals surface area contributed by atoms with Crippen molar-refractivity contribution < 1.29 is 9.53 Å². The minimum atomic E-state index is -0.396. The lowest BCUT2D eigenvalue weighted by atomic mass is 10.2. The second-order valence-electron chi connectivity index (χ2n) is 7.39. The number of ether oxygens (including phenoxy) is 1. The first-order valence-electron chi connectivity index (χ1n) is 10.0. The first-order chi connectivity index (χ1) is 15.5. The van der Waals surface area contributed by atoms with Gasteiger partial charge in [0, 0.05) is 29.3 Å². The molecule has 0 radical (unpaired) electrons. The van der Waals surface area contributed by atoms with Gasteiger partial charge in [0.05, 0.1) is 7.11 Å². The number of aryl methyl sites for hydroxylation is 1. The third-order valence-corrected chi connectivity index (χ3v) is 5.77. The van der Waals surface area contributed by atoms with Crippen LogP contribution in [0.1, 0.15) is 35.6 Å². The van der Waals surface area contributed by atoms with Gasteiger partial charge in [-0.15, -0.1) is 15.3 Å². The molecule has 1 atom stereocenters. The molecule has 0 aliphatic carbocycles. The third kappa shape index (κ3) is 3.64. The fourth-order valence-corrected chi connectivity index (χ4v) is 4.04. The lowest BCUT2D eigenvalue weighted by Gasteiger charge is -2.10. The molecule has 0 saturated heterocycles. The number of amides is 1. The molecule has 5 rings (SSSR count). The number of fused-ring (bicyclic) bond motifs is 1. The predicted octanol–water partition coefficient (Wildman–Crippen LogP) is 3.45. The second-order valence-corrected chi connectivity index (χ2v) is 8.30.